The van der Waals surface area contributed by atoms with E-state index in [1.165, 1.54) is 0 Å². The highest BCUT2D eigenvalue weighted by molar-refractivity contribution is 5.92. The average molecular weight is 483 g/mol. The first-order chi connectivity index (χ1) is 17.2. The van der Waals surface area contributed by atoms with Gasteiger partial charge in [0.2, 0.25) is 5.69 Å². The number of nitrogens with one attached hydrogen (secondary N) is 1. The Morgan fingerprint density at radius 3 is 2.22 bits per heavy atom. The molecule has 4 rings (SSSR count). The van der Waals surface area contributed by atoms with Gasteiger partial charge in [-0.15, -0.1) is 0 Å². The fourth-order valence-corrected chi connectivity index (χ4v) is 4.05. The fourth-order valence-electron chi connectivity index (χ4n) is 4.05. The summed E-state index contributed by atoms with van der Waals surface area (Å²) in [5.41, 5.74) is 2.60. The molecule has 36 heavy (non-hydrogen) atoms. The van der Waals surface area contributed by atoms with E-state index < -0.39 is 17.2 Å². The third kappa shape index (κ3) is 5.35. The van der Waals surface area contributed by atoms with Crippen molar-refractivity contribution in [2.45, 2.75) is 46.2 Å². The van der Waals surface area contributed by atoms with Gasteiger partial charge in [-0.05, 0) is 48.6 Å². The molecule has 0 bridgehead atoms. The summed E-state index contributed by atoms with van der Waals surface area (Å²) >= 11 is 0. The van der Waals surface area contributed by atoms with Crippen LogP contribution in [0.1, 0.15) is 65.5 Å². The summed E-state index contributed by atoms with van der Waals surface area (Å²) in [7, 11) is 0. The number of hydrogen-bond donors (Lipinski definition) is 1. The molecule has 1 atom stereocenters. The Morgan fingerprint density at radius 1 is 0.889 bits per heavy atom. The van der Waals surface area contributed by atoms with E-state index in [1.54, 1.807) is 12.1 Å². The van der Waals surface area contributed by atoms with Crippen molar-refractivity contribution >= 4 is 5.91 Å². The third-order valence-corrected chi connectivity index (χ3v) is 6.15. The van der Waals surface area contributed by atoms with Gasteiger partial charge in [-0.3, -0.25) is 14.2 Å². The maximum absolute atomic E-state index is 13.4. The summed E-state index contributed by atoms with van der Waals surface area (Å²) in [6.07, 6.45) is 0. The lowest BCUT2D eigenvalue weighted by Gasteiger charge is -2.16. The predicted octanol–water partition coefficient (Wildman–Crippen LogP) is 4.37. The Hall–Kier alpha value is -4.26. The van der Waals surface area contributed by atoms with E-state index in [0.29, 0.717) is 11.6 Å². The van der Waals surface area contributed by atoms with Gasteiger partial charge in [-0.25, -0.2) is 4.79 Å². The molecule has 1 amide bonds. The molecule has 0 radical (unpaired) electrons. The summed E-state index contributed by atoms with van der Waals surface area (Å²) in [5, 5.41) is 7.09. The normalized spacial score (nSPS) is 11.9. The van der Waals surface area contributed by atoms with Crippen LogP contribution in [-0.4, -0.2) is 20.3 Å². The molecule has 1 aromatic heterocycles. The fraction of sp³-hybridized carbons (Fsp3) is 0.241. The minimum atomic E-state index is -0.727. The molecule has 0 spiro atoms. The van der Waals surface area contributed by atoms with E-state index >= 15 is 0 Å². The SMILES string of the molecule is Cc1cccc(Cn2c(=O)c(C(=O)N[C@@H](C)c3ccccc3)nn(-c3ccc(C(C)C)cc3)c2=O)c1. The smallest absolute Gasteiger partial charge is 0.344 e. The zero-order valence-electron chi connectivity index (χ0n) is 20.9. The van der Waals surface area contributed by atoms with Crippen molar-refractivity contribution in [2.24, 2.45) is 0 Å². The molecule has 7 heteroatoms. The van der Waals surface area contributed by atoms with Crippen LogP contribution in [0.3, 0.4) is 0 Å². The summed E-state index contributed by atoms with van der Waals surface area (Å²) < 4.78 is 2.20. The molecular weight excluding hydrogens is 452 g/mol. The van der Waals surface area contributed by atoms with Gasteiger partial charge >= 0.3 is 5.69 Å². The van der Waals surface area contributed by atoms with Crippen molar-refractivity contribution in [1.82, 2.24) is 19.7 Å². The van der Waals surface area contributed by atoms with E-state index in [1.807, 2.05) is 80.6 Å². The van der Waals surface area contributed by atoms with Gasteiger partial charge in [-0.2, -0.15) is 9.78 Å². The molecule has 3 aromatic carbocycles. The molecule has 184 valence electrons. The zero-order valence-corrected chi connectivity index (χ0v) is 20.9. The Labute approximate surface area is 210 Å². The number of carbonyl (C=O) groups is 1. The van der Waals surface area contributed by atoms with E-state index in [9.17, 15) is 14.4 Å². The monoisotopic (exact) mass is 482 g/mol. The lowest BCUT2D eigenvalue weighted by atomic mass is 10.0. The number of hydrogen-bond acceptors (Lipinski definition) is 4. The van der Waals surface area contributed by atoms with Crippen molar-refractivity contribution in [3.8, 4) is 5.69 Å². The van der Waals surface area contributed by atoms with Crippen LogP contribution in [0.25, 0.3) is 5.69 Å². The van der Waals surface area contributed by atoms with Crippen molar-refractivity contribution < 1.29 is 4.79 Å². The molecule has 0 saturated carbocycles. The molecule has 4 aromatic rings. The minimum absolute atomic E-state index is 0.0282. The Bertz CT molecular complexity index is 1490. The van der Waals surface area contributed by atoms with Crippen molar-refractivity contribution in [1.29, 1.82) is 0 Å². The largest absolute Gasteiger partial charge is 0.352 e. The number of amides is 1. The average Bonchev–Trinajstić information content (AvgIpc) is 2.87. The molecular formula is C29H30N4O3. The summed E-state index contributed by atoms with van der Waals surface area (Å²) in [6.45, 7) is 7.96. The van der Waals surface area contributed by atoms with E-state index in [-0.39, 0.29) is 18.3 Å². The second-order valence-corrected chi connectivity index (χ2v) is 9.28. The predicted molar refractivity (Wildman–Crippen MR) is 141 cm³/mol. The van der Waals surface area contributed by atoms with E-state index in [0.717, 1.165) is 31.5 Å². The van der Waals surface area contributed by atoms with Gasteiger partial charge in [0.05, 0.1) is 18.3 Å². The Morgan fingerprint density at radius 2 is 1.58 bits per heavy atom. The quantitative estimate of drug-likeness (QED) is 0.424. The standard InChI is InChI=1S/C29H30N4O3/c1-19(2)23-13-15-25(16-14-23)33-29(36)32(18-22-10-8-9-20(3)17-22)28(35)26(31-33)27(34)30-21(4)24-11-6-5-7-12-24/h5-17,19,21H,18H2,1-4H3,(H,30,34)/t21-/m0/s1. The van der Waals surface area contributed by atoms with Crippen LogP contribution in [0, 0.1) is 6.92 Å². The zero-order chi connectivity index (χ0) is 25.8. The third-order valence-electron chi connectivity index (χ3n) is 6.15. The van der Waals surface area contributed by atoms with Crippen LogP contribution >= 0.6 is 0 Å². The van der Waals surface area contributed by atoms with Gasteiger partial charge in [-0.1, -0.05) is 86.1 Å². The van der Waals surface area contributed by atoms with E-state index in [2.05, 4.69) is 24.3 Å². The van der Waals surface area contributed by atoms with E-state index in [4.69, 9.17) is 0 Å². The lowest BCUT2D eigenvalue weighted by Crippen LogP contribution is -2.46. The van der Waals surface area contributed by atoms with Crippen LogP contribution < -0.4 is 16.6 Å². The van der Waals surface area contributed by atoms with Crippen molar-refractivity contribution in [3.05, 3.63) is 128 Å². The minimum Gasteiger partial charge on any atom is -0.344 e. The molecule has 0 saturated heterocycles. The van der Waals surface area contributed by atoms with Crippen molar-refractivity contribution in [3.63, 3.8) is 0 Å². The first-order valence-corrected chi connectivity index (χ1v) is 12.0. The van der Waals surface area contributed by atoms with Gasteiger partial charge in [0.25, 0.3) is 11.5 Å². The molecule has 1 heterocycles. The Balaban J connectivity index is 1.81. The molecule has 7 nitrogen and oxygen atoms in total. The highest BCUT2D eigenvalue weighted by Crippen LogP contribution is 2.16. The molecule has 1 N–H and O–H groups in total. The van der Waals surface area contributed by atoms with Crippen LogP contribution in [0.2, 0.25) is 0 Å². The summed E-state index contributed by atoms with van der Waals surface area (Å²) in [5.74, 6) is -0.318. The molecule has 0 unspecified atom stereocenters. The van der Waals surface area contributed by atoms with Crippen LogP contribution in [-0.2, 0) is 6.54 Å². The number of aryl methyl sites for hydroxylation is 1. The van der Waals surface area contributed by atoms with Crippen LogP contribution in [0.5, 0.6) is 0 Å². The lowest BCUT2D eigenvalue weighted by molar-refractivity contribution is 0.0930. The number of rotatable bonds is 7. The Kier molecular flexibility index (Phi) is 7.29. The van der Waals surface area contributed by atoms with Crippen molar-refractivity contribution in [2.75, 3.05) is 0 Å². The maximum atomic E-state index is 13.4. The highest BCUT2D eigenvalue weighted by atomic mass is 16.2. The first kappa shape index (κ1) is 24.9. The highest BCUT2D eigenvalue weighted by Gasteiger charge is 2.22. The first-order valence-electron chi connectivity index (χ1n) is 12.0. The number of aromatic nitrogens is 3. The number of carbonyl (C=O) groups excluding carboxylic acids is 1. The van der Waals surface area contributed by atoms with Gasteiger partial charge < -0.3 is 5.32 Å². The molecule has 0 aliphatic heterocycles. The topological polar surface area (TPSA) is 86.0 Å². The maximum Gasteiger partial charge on any atom is 0.352 e. The number of benzene rings is 3. The summed E-state index contributed by atoms with van der Waals surface area (Å²) in [6, 6.07) is 24.0. The molecule has 0 fully saturated rings. The van der Waals surface area contributed by atoms with Crippen LogP contribution in [0.4, 0.5) is 0 Å². The van der Waals surface area contributed by atoms with Crippen LogP contribution in [0.15, 0.2) is 88.5 Å². The second kappa shape index (κ2) is 10.6. The summed E-state index contributed by atoms with van der Waals surface area (Å²) in [4.78, 5) is 40.1. The second-order valence-electron chi connectivity index (χ2n) is 9.28. The molecule has 0 aliphatic carbocycles. The van der Waals surface area contributed by atoms with Gasteiger partial charge in [0.15, 0.2) is 0 Å². The number of nitrogens with zero attached hydrogens (tertiary/aromatic N) is 3. The van der Waals surface area contributed by atoms with Gasteiger partial charge in [0, 0.05) is 0 Å². The molecule has 0 aliphatic rings. The van der Waals surface area contributed by atoms with Gasteiger partial charge in [0.1, 0.15) is 0 Å².